The summed E-state index contributed by atoms with van der Waals surface area (Å²) in [6, 6.07) is 144. The summed E-state index contributed by atoms with van der Waals surface area (Å²) in [4.78, 5) is 0. The van der Waals surface area contributed by atoms with Crippen molar-refractivity contribution in [3.05, 3.63) is 411 Å². The second kappa shape index (κ2) is 29.7. The Morgan fingerprint density at radius 1 is 0.147 bits per heavy atom. The molecule has 0 amide bonds. The summed E-state index contributed by atoms with van der Waals surface area (Å²) in [7, 11) is 0. The third-order valence-electron chi connectivity index (χ3n) is 24.2. The van der Waals surface area contributed by atoms with Crippen molar-refractivity contribution in [1.29, 1.82) is 0 Å². The molecule has 552 valence electrons. The Hall–Kier alpha value is -14.2. The first-order valence-corrected chi connectivity index (χ1v) is 40.8. The number of fused-ring (bicyclic) bond motifs is 10. The van der Waals surface area contributed by atoms with Gasteiger partial charge in [-0.25, -0.2) is 0 Å². The van der Waals surface area contributed by atoms with Crippen molar-refractivity contribution < 1.29 is 0 Å². The molecule has 2 nitrogen and oxygen atoms in total. The summed E-state index contributed by atoms with van der Waals surface area (Å²) in [5, 5.41) is 15.5. The van der Waals surface area contributed by atoms with Gasteiger partial charge in [0.15, 0.2) is 0 Å². The molecule has 0 saturated carbocycles. The highest BCUT2D eigenvalue weighted by Crippen LogP contribution is 2.48. The van der Waals surface area contributed by atoms with Gasteiger partial charge in [0.2, 0.25) is 0 Å². The summed E-state index contributed by atoms with van der Waals surface area (Å²) in [5.41, 5.74) is 37.5. The van der Waals surface area contributed by atoms with Gasteiger partial charge in [-0.05, 0) is 256 Å². The summed E-state index contributed by atoms with van der Waals surface area (Å²) < 4.78 is 4.87. The highest BCUT2D eigenvalue weighted by atomic mass is 15.0. The van der Waals surface area contributed by atoms with Crippen LogP contribution in [0.25, 0.3) is 209 Å². The van der Waals surface area contributed by atoms with Gasteiger partial charge in [-0.2, -0.15) is 0 Å². The Labute approximate surface area is 678 Å². The molecular weight excluding hydrogens is 1400 g/mol. The molecule has 0 saturated heterocycles. The Balaban J connectivity index is 0.000000150. The van der Waals surface area contributed by atoms with Crippen LogP contribution in [0.2, 0.25) is 0 Å². The van der Waals surface area contributed by atoms with Gasteiger partial charge in [0.25, 0.3) is 0 Å². The molecule has 0 radical (unpaired) electrons. The molecule has 0 N–H and O–H groups in total. The zero-order valence-corrected chi connectivity index (χ0v) is 66.3. The zero-order valence-electron chi connectivity index (χ0n) is 66.3. The molecule has 0 aliphatic carbocycles. The zero-order chi connectivity index (χ0) is 78.1. The number of aryl methyl sites for hydroxylation is 6. The van der Waals surface area contributed by atoms with Crippen molar-refractivity contribution in [1.82, 2.24) is 9.13 Å². The molecule has 21 rings (SSSR count). The number of hydrogen-bond acceptors (Lipinski definition) is 0. The molecular formula is C114H86N2. The van der Waals surface area contributed by atoms with E-state index in [9.17, 15) is 0 Å². The monoisotopic (exact) mass is 1480 g/mol. The lowest BCUT2D eigenvalue weighted by Crippen LogP contribution is -1.93. The third-order valence-corrected chi connectivity index (χ3v) is 24.2. The summed E-state index contributed by atoms with van der Waals surface area (Å²) >= 11 is 0. The molecule has 0 unspecified atom stereocenters. The molecule has 2 heterocycles. The average Bonchev–Trinajstić information content (AvgIpc) is 1.17. The third kappa shape index (κ3) is 12.8. The molecule has 0 aliphatic rings. The fourth-order valence-electron chi connectivity index (χ4n) is 18.5. The maximum atomic E-state index is 2.43. The molecule has 0 aliphatic heterocycles. The van der Waals surface area contributed by atoms with Gasteiger partial charge in [0, 0.05) is 56.7 Å². The Morgan fingerprint density at radius 3 is 0.543 bits per heavy atom. The fraction of sp³-hybridized carbons (Fsp3) is 0.0702. The van der Waals surface area contributed by atoms with E-state index in [1.807, 2.05) is 0 Å². The van der Waals surface area contributed by atoms with Gasteiger partial charge in [0.1, 0.15) is 0 Å². The Kier molecular flexibility index (Phi) is 18.2. The highest BCUT2D eigenvalue weighted by molar-refractivity contribution is 6.24. The molecule has 21 aromatic rings. The van der Waals surface area contributed by atoms with E-state index in [1.165, 1.54) is 231 Å². The predicted octanol–water partition coefficient (Wildman–Crippen LogP) is 31.8. The van der Waals surface area contributed by atoms with E-state index in [2.05, 4.69) is 439 Å². The van der Waals surface area contributed by atoms with E-state index in [4.69, 9.17) is 0 Å². The predicted molar refractivity (Wildman–Crippen MR) is 499 cm³/mol. The van der Waals surface area contributed by atoms with Crippen molar-refractivity contribution in [3.8, 4) is 122 Å². The highest BCUT2D eigenvalue weighted by Gasteiger charge is 2.22. The first kappa shape index (κ1) is 70.9. The summed E-state index contributed by atoms with van der Waals surface area (Å²) in [6.45, 7) is 15.1. The van der Waals surface area contributed by atoms with Crippen LogP contribution in [-0.4, -0.2) is 9.13 Å². The maximum Gasteiger partial charge on any atom is 0.0491 e. The molecule has 2 heteroatoms. The van der Waals surface area contributed by atoms with Crippen molar-refractivity contribution >= 4 is 86.7 Å². The minimum atomic E-state index is 0.929. The van der Waals surface area contributed by atoms with Crippen LogP contribution in [0.3, 0.4) is 0 Å². The second-order valence-electron chi connectivity index (χ2n) is 31.5. The van der Waals surface area contributed by atoms with Gasteiger partial charge < -0.3 is 9.13 Å². The molecule has 0 fully saturated rings. The standard InChI is InChI=1S/C60H45N.C54H41N/c1-4-61-57-33-29-49(42-13-9-6-10-14-42)37-53(57)54-38-50(30-34-58(54)61)46-19-17-44(18-20-46)45-23-27-48(28-24-45)60-52-32-16-39(2)35-55(52)59(51-31-15-40(3)36-56(51)60)47-25-21-43(22-26-47)41-11-7-5-8-12-41;1-4-55-51-29-25-43(37-11-7-5-8-12-37)33-47(51)48-34-44(26-30-52(48)55)40-19-17-38(18-20-40)39-21-23-42(24-22-39)54-46-28-16-35(2)31-49(46)53(41-13-9-6-10-14-41)45-27-15-36(3)32-50(45)54/h5-38H,4H2,1-3H3;5-34H,4H2,1-3H3. The fourth-order valence-corrected chi connectivity index (χ4v) is 18.5. The van der Waals surface area contributed by atoms with E-state index in [0.29, 0.717) is 0 Å². The van der Waals surface area contributed by atoms with Gasteiger partial charge in [-0.15, -0.1) is 0 Å². The molecule has 19 aromatic carbocycles. The van der Waals surface area contributed by atoms with Gasteiger partial charge in [-0.3, -0.25) is 0 Å². The van der Waals surface area contributed by atoms with Gasteiger partial charge in [0.05, 0.1) is 0 Å². The molecule has 0 atom stereocenters. The Bertz CT molecular complexity index is 7330. The lowest BCUT2D eigenvalue weighted by Gasteiger charge is -2.19. The van der Waals surface area contributed by atoms with Crippen LogP contribution in [-0.2, 0) is 13.1 Å². The first-order valence-electron chi connectivity index (χ1n) is 40.8. The quantitative estimate of drug-likeness (QED) is 0.102. The lowest BCUT2D eigenvalue weighted by atomic mass is 9.84. The minimum Gasteiger partial charge on any atom is -0.341 e. The van der Waals surface area contributed by atoms with Crippen molar-refractivity contribution in [3.63, 3.8) is 0 Å². The SMILES string of the molecule is CCn1c2ccc(-c3ccccc3)cc2c2cc(-c3ccc(-c4ccc(-c5c6ccc(C)cc6c(-c6ccc(-c7ccccc7)cc6)c6ccc(C)cc56)cc4)cc3)ccc21.CCn1c2ccc(-c3ccccc3)cc2c2cc(-c3ccc(-c4ccc(-c5c6ccc(C)cc6c(-c6ccccc6)c6ccc(C)cc56)cc4)cc3)ccc21. The van der Waals surface area contributed by atoms with Crippen molar-refractivity contribution in [2.24, 2.45) is 0 Å². The minimum absolute atomic E-state index is 0.929. The van der Waals surface area contributed by atoms with Crippen LogP contribution >= 0.6 is 0 Å². The number of hydrogen-bond donors (Lipinski definition) is 0. The van der Waals surface area contributed by atoms with Crippen molar-refractivity contribution in [2.45, 2.75) is 54.6 Å². The second-order valence-corrected chi connectivity index (χ2v) is 31.5. The van der Waals surface area contributed by atoms with Gasteiger partial charge >= 0.3 is 0 Å². The van der Waals surface area contributed by atoms with Crippen LogP contribution in [0.15, 0.2) is 388 Å². The van der Waals surface area contributed by atoms with E-state index in [0.717, 1.165) is 13.1 Å². The summed E-state index contributed by atoms with van der Waals surface area (Å²) in [6.07, 6.45) is 0. The molecule has 0 bridgehead atoms. The van der Waals surface area contributed by atoms with E-state index >= 15 is 0 Å². The van der Waals surface area contributed by atoms with Crippen LogP contribution < -0.4 is 0 Å². The summed E-state index contributed by atoms with van der Waals surface area (Å²) in [5.74, 6) is 0. The normalized spacial score (nSPS) is 11.6. The molecule has 116 heavy (non-hydrogen) atoms. The number of aromatic nitrogens is 2. The van der Waals surface area contributed by atoms with E-state index < -0.39 is 0 Å². The Morgan fingerprint density at radius 2 is 0.319 bits per heavy atom. The number of rotatable bonds is 13. The smallest absolute Gasteiger partial charge is 0.0491 e. The average molecular weight is 1480 g/mol. The van der Waals surface area contributed by atoms with Crippen LogP contribution in [0.1, 0.15) is 36.1 Å². The molecule has 0 spiro atoms. The topological polar surface area (TPSA) is 9.86 Å². The number of benzene rings is 19. The van der Waals surface area contributed by atoms with E-state index in [1.54, 1.807) is 0 Å². The lowest BCUT2D eigenvalue weighted by molar-refractivity contribution is 0.827. The molecule has 2 aromatic heterocycles. The van der Waals surface area contributed by atoms with Crippen molar-refractivity contribution in [2.75, 3.05) is 0 Å². The first-order chi connectivity index (χ1) is 57.0. The van der Waals surface area contributed by atoms with E-state index in [-0.39, 0.29) is 0 Å². The van der Waals surface area contributed by atoms with Crippen LogP contribution in [0.5, 0.6) is 0 Å². The van der Waals surface area contributed by atoms with Gasteiger partial charge in [-0.1, -0.05) is 362 Å². The largest absolute Gasteiger partial charge is 0.341 e. The maximum absolute atomic E-state index is 2.43. The number of nitrogens with zero attached hydrogens (tertiary/aromatic N) is 2. The van der Waals surface area contributed by atoms with Crippen LogP contribution in [0, 0.1) is 27.7 Å². The van der Waals surface area contributed by atoms with Crippen LogP contribution in [0.4, 0.5) is 0 Å².